The fourth-order valence-corrected chi connectivity index (χ4v) is 2.76. The normalized spacial score (nSPS) is 10.3. The van der Waals surface area contributed by atoms with Gasteiger partial charge in [0.25, 0.3) is 0 Å². The highest BCUT2D eigenvalue weighted by Crippen LogP contribution is 2.36. The number of hydrogen-bond donors (Lipinski definition) is 0. The third-order valence-electron chi connectivity index (χ3n) is 3.94. The lowest BCUT2D eigenvalue weighted by Gasteiger charge is -2.16. The van der Waals surface area contributed by atoms with Crippen molar-refractivity contribution in [2.45, 2.75) is 6.42 Å². The van der Waals surface area contributed by atoms with Gasteiger partial charge in [0.1, 0.15) is 11.5 Å². The molecule has 0 saturated carbocycles. The maximum absolute atomic E-state index is 5.64. The van der Waals surface area contributed by atoms with Crippen molar-refractivity contribution in [3.05, 3.63) is 83.9 Å². The fraction of sp³-hybridized carbons (Fsp3) is 0.143. The molecule has 0 aliphatic carbocycles. The van der Waals surface area contributed by atoms with E-state index in [1.54, 1.807) is 14.2 Å². The SMILES string of the molecule is COc1cc(-c2ccccc2)cc(OC)c1Cc1ccccc1. The highest BCUT2D eigenvalue weighted by Gasteiger charge is 2.14. The maximum atomic E-state index is 5.64. The van der Waals surface area contributed by atoms with Crippen molar-refractivity contribution in [3.63, 3.8) is 0 Å². The van der Waals surface area contributed by atoms with Crippen LogP contribution in [0.25, 0.3) is 11.1 Å². The first-order chi connectivity index (χ1) is 11.3. The summed E-state index contributed by atoms with van der Waals surface area (Å²) in [5.41, 5.74) is 4.55. The first-order valence-electron chi connectivity index (χ1n) is 7.66. The molecule has 2 heteroatoms. The van der Waals surface area contributed by atoms with Gasteiger partial charge in [-0.2, -0.15) is 0 Å². The Labute approximate surface area is 137 Å². The number of ether oxygens (including phenoxy) is 2. The second kappa shape index (κ2) is 7.01. The first-order valence-corrected chi connectivity index (χ1v) is 7.66. The van der Waals surface area contributed by atoms with E-state index in [-0.39, 0.29) is 0 Å². The standard InChI is InChI=1S/C21H20O2/c1-22-20-14-18(17-11-7-4-8-12-17)15-21(23-2)19(20)13-16-9-5-3-6-10-16/h3-12,14-15H,13H2,1-2H3. The molecule has 0 heterocycles. The fourth-order valence-electron chi connectivity index (χ4n) is 2.76. The summed E-state index contributed by atoms with van der Waals surface area (Å²) in [6.45, 7) is 0. The van der Waals surface area contributed by atoms with E-state index in [1.165, 1.54) is 5.56 Å². The summed E-state index contributed by atoms with van der Waals surface area (Å²) in [7, 11) is 3.41. The zero-order chi connectivity index (χ0) is 16.1. The van der Waals surface area contributed by atoms with Crippen molar-refractivity contribution in [2.75, 3.05) is 14.2 Å². The van der Waals surface area contributed by atoms with Crippen LogP contribution in [0.2, 0.25) is 0 Å². The molecule has 0 N–H and O–H groups in total. The molecule has 0 amide bonds. The van der Waals surface area contributed by atoms with Crippen molar-refractivity contribution in [1.82, 2.24) is 0 Å². The average molecular weight is 304 g/mol. The minimum atomic E-state index is 0.780. The van der Waals surface area contributed by atoms with E-state index in [0.717, 1.165) is 34.6 Å². The van der Waals surface area contributed by atoms with Crippen LogP contribution in [0.5, 0.6) is 11.5 Å². The van der Waals surface area contributed by atoms with Crippen LogP contribution >= 0.6 is 0 Å². The summed E-state index contributed by atoms with van der Waals surface area (Å²) in [4.78, 5) is 0. The summed E-state index contributed by atoms with van der Waals surface area (Å²) >= 11 is 0. The summed E-state index contributed by atoms with van der Waals surface area (Å²) in [5.74, 6) is 1.71. The lowest BCUT2D eigenvalue weighted by Crippen LogP contribution is -1.99. The van der Waals surface area contributed by atoms with Crippen molar-refractivity contribution in [1.29, 1.82) is 0 Å². The number of hydrogen-bond acceptors (Lipinski definition) is 2. The largest absolute Gasteiger partial charge is 0.496 e. The summed E-state index contributed by atoms with van der Waals surface area (Å²) in [6.07, 6.45) is 0.780. The van der Waals surface area contributed by atoms with E-state index < -0.39 is 0 Å². The molecule has 0 fully saturated rings. The summed E-state index contributed by atoms with van der Waals surface area (Å²) in [5, 5.41) is 0. The van der Waals surface area contributed by atoms with E-state index in [0.29, 0.717) is 0 Å². The zero-order valence-corrected chi connectivity index (χ0v) is 13.5. The highest BCUT2D eigenvalue weighted by atomic mass is 16.5. The van der Waals surface area contributed by atoms with Crippen LogP contribution < -0.4 is 9.47 Å². The predicted molar refractivity (Wildman–Crippen MR) is 94.2 cm³/mol. The molecule has 0 bridgehead atoms. The van der Waals surface area contributed by atoms with Gasteiger partial charge >= 0.3 is 0 Å². The Morgan fingerprint density at radius 1 is 0.652 bits per heavy atom. The van der Waals surface area contributed by atoms with Gasteiger partial charge in [-0.1, -0.05) is 60.7 Å². The molecule has 0 radical (unpaired) electrons. The van der Waals surface area contributed by atoms with Gasteiger partial charge in [-0.15, -0.1) is 0 Å². The molecule has 0 saturated heterocycles. The van der Waals surface area contributed by atoms with Crippen LogP contribution in [0.4, 0.5) is 0 Å². The van der Waals surface area contributed by atoms with Crippen LogP contribution in [-0.4, -0.2) is 14.2 Å². The molecule has 0 aliphatic heterocycles. The van der Waals surface area contributed by atoms with Gasteiger partial charge in [0.15, 0.2) is 0 Å². The van der Waals surface area contributed by atoms with Gasteiger partial charge in [0, 0.05) is 12.0 Å². The van der Waals surface area contributed by atoms with Crippen LogP contribution in [0.15, 0.2) is 72.8 Å². The zero-order valence-electron chi connectivity index (χ0n) is 13.5. The Hall–Kier alpha value is -2.74. The van der Waals surface area contributed by atoms with Gasteiger partial charge in [0.2, 0.25) is 0 Å². The maximum Gasteiger partial charge on any atom is 0.126 e. The van der Waals surface area contributed by atoms with Gasteiger partial charge in [-0.05, 0) is 28.8 Å². The molecular formula is C21H20O2. The third kappa shape index (κ3) is 3.37. The van der Waals surface area contributed by atoms with Crippen LogP contribution in [0.1, 0.15) is 11.1 Å². The van der Waals surface area contributed by atoms with Crippen molar-refractivity contribution < 1.29 is 9.47 Å². The molecule has 3 aromatic rings. The molecular weight excluding hydrogens is 284 g/mol. The first kappa shape index (κ1) is 15.2. The van der Waals surface area contributed by atoms with Crippen molar-refractivity contribution >= 4 is 0 Å². The molecule has 0 aromatic heterocycles. The smallest absolute Gasteiger partial charge is 0.126 e. The van der Waals surface area contributed by atoms with Gasteiger partial charge in [-0.3, -0.25) is 0 Å². The lowest BCUT2D eigenvalue weighted by atomic mass is 9.98. The molecule has 116 valence electrons. The van der Waals surface area contributed by atoms with Crippen LogP contribution in [-0.2, 0) is 6.42 Å². The molecule has 0 spiro atoms. The van der Waals surface area contributed by atoms with Gasteiger partial charge in [0.05, 0.1) is 14.2 Å². The number of rotatable bonds is 5. The molecule has 0 aliphatic rings. The number of benzene rings is 3. The average Bonchev–Trinajstić information content (AvgIpc) is 2.63. The molecule has 3 rings (SSSR count). The highest BCUT2D eigenvalue weighted by molar-refractivity contribution is 5.69. The topological polar surface area (TPSA) is 18.5 Å². The molecule has 0 unspecified atom stereocenters. The summed E-state index contributed by atoms with van der Waals surface area (Å²) < 4.78 is 11.3. The van der Waals surface area contributed by atoms with Crippen LogP contribution in [0, 0.1) is 0 Å². The molecule has 3 aromatic carbocycles. The Morgan fingerprint density at radius 2 is 1.17 bits per heavy atom. The molecule has 2 nitrogen and oxygen atoms in total. The van der Waals surface area contributed by atoms with E-state index in [9.17, 15) is 0 Å². The lowest BCUT2D eigenvalue weighted by molar-refractivity contribution is 0.387. The quantitative estimate of drug-likeness (QED) is 0.663. The Kier molecular flexibility index (Phi) is 4.62. The van der Waals surface area contributed by atoms with Gasteiger partial charge in [-0.25, -0.2) is 0 Å². The van der Waals surface area contributed by atoms with Crippen LogP contribution in [0.3, 0.4) is 0 Å². The third-order valence-corrected chi connectivity index (χ3v) is 3.94. The van der Waals surface area contributed by atoms with E-state index >= 15 is 0 Å². The monoisotopic (exact) mass is 304 g/mol. The van der Waals surface area contributed by atoms with E-state index in [4.69, 9.17) is 9.47 Å². The van der Waals surface area contributed by atoms with Crippen molar-refractivity contribution in [3.8, 4) is 22.6 Å². The minimum absolute atomic E-state index is 0.780. The van der Waals surface area contributed by atoms with Gasteiger partial charge < -0.3 is 9.47 Å². The molecule has 0 atom stereocenters. The van der Waals surface area contributed by atoms with Crippen molar-refractivity contribution in [2.24, 2.45) is 0 Å². The predicted octanol–water partition coefficient (Wildman–Crippen LogP) is 4.96. The Morgan fingerprint density at radius 3 is 1.70 bits per heavy atom. The second-order valence-corrected chi connectivity index (χ2v) is 5.39. The minimum Gasteiger partial charge on any atom is -0.496 e. The number of methoxy groups -OCH3 is 2. The van der Waals surface area contributed by atoms with E-state index in [1.807, 2.05) is 36.4 Å². The van der Waals surface area contributed by atoms with E-state index in [2.05, 4.69) is 36.4 Å². The Balaban J connectivity index is 2.06. The molecule has 23 heavy (non-hydrogen) atoms. The summed E-state index contributed by atoms with van der Waals surface area (Å²) in [6, 6.07) is 24.8. The Bertz CT molecular complexity index is 739. The second-order valence-electron chi connectivity index (χ2n) is 5.39.